The average Bonchev–Trinajstić information content (AvgIpc) is 2.48. The highest BCUT2D eigenvalue weighted by Gasteiger charge is 2.09. The van der Waals surface area contributed by atoms with Gasteiger partial charge in [-0.3, -0.25) is 0 Å². The molecule has 0 saturated carbocycles. The Morgan fingerprint density at radius 3 is 2.46 bits per heavy atom. The van der Waals surface area contributed by atoms with Crippen molar-refractivity contribution in [2.24, 2.45) is 0 Å². The van der Waals surface area contributed by atoms with E-state index in [4.69, 9.17) is 0 Å². The minimum Gasteiger partial charge on any atom is -0.508 e. The van der Waals surface area contributed by atoms with Crippen molar-refractivity contribution >= 4 is 22.8 Å². The van der Waals surface area contributed by atoms with E-state index in [1.807, 2.05) is 19.9 Å². The minimum absolute atomic E-state index is 0.311. The molecule has 1 aromatic heterocycles. The fraction of sp³-hybridized carbons (Fsp3) is 0.333. The van der Waals surface area contributed by atoms with Gasteiger partial charge in [-0.1, -0.05) is 13.8 Å². The number of nitrogens with zero attached hydrogens (tertiary/aromatic N) is 2. The Morgan fingerprint density at radius 1 is 1.23 bits per heavy atom. The normalized spacial score (nSPS) is 11.3. The minimum atomic E-state index is 0.311. The molecule has 0 radical (unpaired) electrons. The largest absolute Gasteiger partial charge is 0.508 e. The topological polar surface area (TPSA) is 46.0 Å². The zero-order valence-electron chi connectivity index (χ0n) is 7.48. The summed E-state index contributed by atoms with van der Waals surface area (Å²) in [5.74, 6) is 0.626. The molecular formula is C9H10N2OS. The Morgan fingerprint density at radius 2 is 1.85 bits per heavy atom. The van der Waals surface area contributed by atoms with Gasteiger partial charge in [0.15, 0.2) is 0 Å². The Hall–Kier alpha value is -1.16. The molecule has 0 aliphatic rings. The van der Waals surface area contributed by atoms with Gasteiger partial charge in [-0.15, -0.1) is 0 Å². The molecule has 3 nitrogen and oxygen atoms in total. The Bertz CT molecular complexity index is 436. The molecule has 2 aromatic rings. The number of hydrogen-bond acceptors (Lipinski definition) is 4. The van der Waals surface area contributed by atoms with Gasteiger partial charge in [0.25, 0.3) is 0 Å². The van der Waals surface area contributed by atoms with E-state index < -0.39 is 0 Å². The lowest BCUT2D eigenvalue weighted by atomic mass is 10.0. The molecule has 2 rings (SSSR count). The fourth-order valence-electron chi connectivity index (χ4n) is 1.30. The molecule has 13 heavy (non-hydrogen) atoms. The van der Waals surface area contributed by atoms with E-state index in [9.17, 15) is 5.11 Å². The summed E-state index contributed by atoms with van der Waals surface area (Å²) in [6, 6.07) is 3.58. The summed E-state index contributed by atoms with van der Waals surface area (Å²) in [6.45, 7) is 4.08. The van der Waals surface area contributed by atoms with Gasteiger partial charge in [0.2, 0.25) is 0 Å². The quantitative estimate of drug-likeness (QED) is 0.758. The van der Waals surface area contributed by atoms with Crippen LogP contribution in [0.15, 0.2) is 12.1 Å². The number of benzene rings is 1. The van der Waals surface area contributed by atoms with Crippen molar-refractivity contribution in [1.29, 1.82) is 0 Å². The molecule has 0 saturated heterocycles. The molecule has 0 fully saturated rings. The number of aromatic hydroxyl groups is 1. The number of aromatic nitrogens is 2. The van der Waals surface area contributed by atoms with E-state index >= 15 is 0 Å². The molecule has 0 aliphatic carbocycles. The molecule has 1 heterocycles. The van der Waals surface area contributed by atoms with Crippen molar-refractivity contribution in [2.45, 2.75) is 19.8 Å². The third-order valence-corrected chi connectivity index (χ3v) is 2.58. The van der Waals surface area contributed by atoms with Crippen molar-refractivity contribution in [2.75, 3.05) is 0 Å². The van der Waals surface area contributed by atoms with Crippen LogP contribution in [-0.2, 0) is 0 Å². The lowest BCUT2D eigenvalue weighted by Gasteiger charge is -2.06. The van der Waals surface area contributed by atoms with Gasteiger partial charge in [0.1, 0.15) is 16.8 Å². The van der Waals surface area contributed by atoms with Crippen LogP contribution in [0.3, 0.4) is 0 Å². The summed E-state index contributed by atoms with van der Waals surface area (Å²) in [7, 11) is 0. The Kier molecular flexibility index (Phi) is 1.92. The first-order valence-electron chi connectivity index (χ1n) is 4.13. The first kappa shape index (κ1) is 8.44. The predicted molar refractivity (Wildman–Crippen MR) is 53.2 cm³/mol. The molecule has 0 atom stereocenters. The van der Waals surface area contributed by atoms with Crippen molar-refractivity contribution in [3.05, 3.63) is 17.7 Å². The van der Waals surface area contributed by atoms with Crippen LogP contribution in [0, 0.1) is 0 Å². The van der Waals surface area contributed by atoms with Crippen LogP contribution in [0.5, 0.6) is 5.75 Å². The summed E-state index contributed by atoms with van der Waals surface area (Å²) in [4.78, 5) is 0. The van der Waals surface area contributed by atoms with Crippen LogP contribution in [0.1, 0.15) is 25.3 Å². The van der Waals surface area contributed by atoms with E-state index in [-0.39, 0.29) is 0 Å². The van der Waals surface area contributed by atoms with E-state index in [2.05, 4.69) is 8.75 Å². The summed E-state index contributed by atoms with van der Waals surface area (Å²) >= 11 is 1.17. The smallest absolute Gasteiger partial charge is 0.121 e. The number of fused-ring (bicyclic) bond motifs is 1. The second-order valence-electron chi connectivity index (χ2n) is 3.32. The molecule has 0 unspecified atom stereocenters. The summed E-state index contributed by atoms with van der Waals surface area (Å²) < 4.78 is 8.17. The van der Waals surface area contributed by atoms with Crippen molar-refractivity contribution in [3.63, 3.8) is 0 Å². The highest BCUT2D eigenvalue weighted by molar-refractivity contribution is 7.00. The second-order valence-corrected chi connectivity index (χ2v) is 3.85. The first-order valence-corrected chi connectivity index (χ1v) is 4.86. The number of phenolic OH excluding ortho intramolecular Hbond substituents is 1. The van der Waals surface area contributed by atoms with Crippen LogP contribution in [0.2, 0.25) is 0 Å². The summed E-state index contributed by atoms with van der Waals surface area (Å²) in [6.07, 6.45) is 0. The molecule has 0 amide bonds. The maximum absolute atomic E-state index is 9.63. The number of hydrogen-bond donors (Lipinski definition) is 1. The fourth-order valence-corrected chi connectivity index (χ4v) is 1.81. The maximum atomic E-state index is 9.63. The number of phenols is 1. The molecule has 68 valence electrons. The zero-order chi connectivity index (χ0) is 9.42. The van der Waals surface area contributed by atoms with Gasteiger partial charge >= 0.3 is 0 Å². The van der Waals surface area contributed by atoms with E-state index in [1.165, 1.54) is 11.7 Å². The van der Waals surface area contributed by atoms with Crippen molar-refractivity contribution < 1.29 is 5.11 Å². The average molecular weight is 194 g/mol. The van der Waals surface area contributed by atoms with Crippen LogP contribution in [0.4, 0.5) is 0 Å². The Balaban J connectivity index is 2.69. The molecule has 0 spiro atoms. The van der Waals surface area contributed by atoms with Gasteiger partial charge in [0, 0.05) is 6.07 Å². The molecule has 1 N–H and O–H groups in total. The lowest BCUT2D eigenvalue weighted by molar-refractivity contribution is 0.465. The lowest BCUT2D eigenvalue weighted by Crippen LogP contribution is -1.88. The highest BCUT2D eigenvalue weighted by Crippen LogP contribution is 2.29. The SMILES string of the molecule is CC(C)c1cc2nsnc2cc1O. The van der Waals surface area contributed by atoms with E-state index in [0.29, 0.717) is 11.7 Å². The standard InChI is InChI=1S/C9H10N2OS/c1-5(2)6-3-7-8(4-9(6)12)11-13-10-7/h3-5,12H,1-2H3. The van der Waals surface area contributed by atoms with Crippen molar-refractivity contribution in [3.8, 4) is 5.75 Å². The summed E-state index contributed by atoms with van der Waals surface area (Å²) in [5, 5.41) is 9.63. The van der Waals surface area contributed by atoms with Gasteiger partial charge in [0.05, 0.1) is 11.7 Å². The van der Waals surface area contributed by atoms with Crippen LogP contribution in [-0.4, -0.2) is 13.9 Å². The van der Waals surface area contributed by atoms with E-state index in [0.717, 1.165) is 16.6 Å². The predicted octanol–water partition coefficient (Wildman–Crippen LogP) is 2.52. The van der Waals surface area contributed by atoms with Crippen LogP contribution in [0.25, 0.3) is 11.0 Å². The van der Waals surface area contributed by atoms with E-state index in [1.54, 1.807) is 6.07 Å². The molecule has 0 aliphatic heterocycles. The monoisotopic (exact) mass is 194 g/mol. The third kappa shape index (κ3) is 1.37. The number of rotatable bonds is 1. The molecule has 4 heteroatoms. The van der Waals surface area contributed by atoms with Gasteiger partial charge in [-0.2, -0.15) is 8.75 Å². The van der Waals surface area contributed by atoms with Crippen LogP contribution >= 0.6 is 11.7 Å². The summed E-state index contributed by atoms with van der Waals surface area (Å²) in [5.41, 5.74) is 2.57. The highest BCUT2D eigenvalue weighted by atomic mass is 32.1. The molecular weight excluding hydrogens is 184 g/mol. The Labute approximate surface area is 80.4 Å². The van der Waals surface area contributed by atoms with Gasteiger partial charge in [-0.05, 0) is 17.5 Å². The van der Waals surface area contributed by atoms with Gasteiger partial charge < -0.3 is 5.11 Å². The van der Waals surface area contributed by atoms with Gasteiger partial charge in [-0.25, -0.2) is 0 Å². The first-order chi connectivity index (χ1) is 6.18. The molecule has 0 bridgehead atoms. The van der Waals surface area contributed by atoms with Crippen molar-refractivity contribution in [1.82, 2.24) is 8.75 Å². The maximum Gasteiger partial charge on any atom is 0.121 e. The zero-order valence-corrected chi connectivity index (χ0v) is 8.30. The van der Waals surface area contributed by atoms with Crippen LogP contribution < -0.4 is 0 Å². The second kappa shape index (κ2) is 2.96. The third-order valence-electron chi connectivity index (χ3n) is 2.02. The molecule has 1 aromatic carbocycles.